The van der Waals surface area contributed by atoms with E-state index in [9.17, 15) is 19.5 Å². The van der Waals surface area contributed by atoms with Crippen LogP contribution in [0.15, 0.2) is 24.3 Å². The predicted molar refractivity (Wildman–Crippen MR) is 107 cm³/mol. The third-order valence-corrected chi connectivity index (χ3v) is 5.32. The van der Waals surface area contributed by atoms with Gasteiger partial charge in [0.15, 0.2) is 0 Å². The summed E-state index contributed by atoms with van der Waals surface area (Å²) in [5, 5.41) is 12.0. The van der Waals surface area contributed by atoms with Gasteiger partial charge in [-0.05, 0) is 35.5 Å². The third kappa shape index (κ3) is 5.73. The molecular formula is C20H28N2O4S. The molecule has 0 aliphatic carbocycles. The van der Waals surface area contributed by atoms with Crippen LogP contribution in [0.3, 0.4) is 0 Å². The van der Waals surface area contributed by atoms with E-state index in [1.165, 1.54) is 11.8 Å². The summed E-state index contributed by atoms with van der Waals surface area (Å²) >= 11 is 1.53. The highest BCUT2D eigenvalue weighted by Crippen LogP contribution is 2.25. The van der Waals surface area contributed by atoms with Gasteiger partial charge in [0.05, 0.1) is 0 Å². The van der Waals surface area contributed by atoms with Gasteiger partial charge >= 0.3 is 5.97 Å². The van der Waals surface area contributed by atoms with Crippen LogP contribution in [0.5, 0.6) is 0 Å². The smallest absolute Gasteiger partial charge is 0.326 e. The first-order valence-electron chi connectivity index (χ1n) is 9.21. The number of carbonyl (C=O) groups is 3. The van der Waals surface area contributed by atoms with Crippen LogP contribution in [-0.2, 0) is 27.3 Å². The number of hydrogen-bond donors (Lipinski definition) is 2. The molecule has 1 unspecified atom stereocenters. The molecule has 0 saturated carbocycles. The molecule has 1 aromatic carbocycles. The topological polar surface area (TPSA) is 86.7 Å². The van der Waals surface area contributed by atoms with Crippen LogP contribution in [0.4, 0.5) is 0 Å². The molecule has 2 atom stereocenters. The molecule has 148 valence electrons. The molecule has 2 rings (SSSR count). The van der Waals surface area contributed by atoms with E-state index in [4.69, 9.17) is 0 Å². The normalized spacial score (nSPS) is 17.3. The Bertz CT molecular complexity index is 692. The fourth-order valence-electron chi connectivity index (χ4n) is 3.25. The van der Waals surface area contributed by atoms with E-state index < -0.39 is 24.0 Å². The van der Waals surface area contributed by atoms with Gasteiger partial charge in [-0.2, -0.15) is 11.8 Å². The molecule has 1 aromatic rings. The van der Waals surface area contributed by atoms with Crippen molar-refractivity contribution >= 4 is 29.5 Å². The zero-order chi connectivity index (χ0) is 20.0. The van der Waals surface area contributed by atoms with Crippen LogP contribution in [0.25, 0.3) is 0 Å². The highest BCUT2D eigenvalue weighted by atomic mass is 32.2. The second-order valence-electron chi connectivity index (χ2n) is 7.29. The quantitative estimate of drug-likeness (QED) is 0.709. The monoisotopic (exact) mass is 392 g/mol. The first-order valence-corrected chi connectivity index (χ1v) is 10.6. The highest BCUT2D eigenvalue weighted by Gasteiger charge is 2.36. The molecule has 1 aliphatic heterocycles. The van der Waals surface area contributed by atoms with Crippen molar-refractivity contribution in [3.05, 3.63) is 35.4 Å². The van der Waals surface area contributed by atoms with Crippen LogP contribution < -0.4 is 5.32 Å². The number of aliphatic carboxylic acids is 1. The first kappa shape index (κ1) is 21.3. The molecule has 6 nitrogen and oxygen atoms in total. The van der Waals surface area contributed by atoms with Crippen molar-refractivity contribution in [3.63, 3.8) is 0 Å². The molecule has 1 aliphatic rings. The molecule has 0 fully saturated rings. The van der Waals surface area contributed by atoms with E-state index in [-0.39, 0.29) is 11.8 Å². The van der Waals surface area contributed by atoms with E-state index in [2.05, 4.69) is 5.32 Å². The Morgan fingerprint density at radius 1 is 1.26 bits per heavy atom. The maximum atomic E-state index is 12.9. The van der Waals surface area contributed by atoms with Gasteiger partial charge in [-0.3, -0.25) is 9.59 Å². The summed E-state index contributed by atoms with van der Waals surface area (Å²) in [4.78, 5) is 38.7. The van der Waals surface area contributed by atoms with Crippen molar-refractivity contribution in [2.24, 2.45) is 5.92 Å². The number of carbonyl (C=O) groups excluding carboxylic acids is 2. The largest absolute Gasteiger partial charge is 0.480 e. The molecule has 0 aromatic heterocycles. The van der Waals surface area contributed by atoms with Crippen LogP contribution >= 0.6 is 11.8 Å². The Morgan fingerprint density at radius 2 is 1.93 bits per heavy atom. The van der Waals surface area contributed by atoms with Crippen molar-refractivity contribution in [1.29, 1.82) is 0 Å². The standard InChI is InChI=1S/C20H28N2O4S/c1-13(2)10-18(23)22-12-15-7-5-4-6-14(15)11-17(22)19(24)21-16(20(25)26)8-9-27-3/h4-7,13,16-17H,8-12H2,1-3H3,(H,21,24)(H,25,26)/t16?,17-/m1/s1. The predicted octanol–water partition coefficient (Wildman–Crippen LogP) is 2.31. The summed E-state index contributed by atoms with van der Waals surface area (Å²) in [7, 11) is 0. The molecule has 0 saturated heterocycles. The lowest BCUT2D eigenvalue weighted by Gasteiger charge is -2.37. The lowest BCUT2D eigenvalue weighted by Crippen LogP contribution is -2.55. The zero-order valence-corrected chi connectivity index (χ0v) is 16.9. The van der Waals surface area contributed by atoms with E-state index >= 15 is 0 Å². The van der Waals surface area contributed by atoms with Crippen molar-refractivity contribution in [1.82, 2.24) is 10.2 Å². The maximum Gasteiger partial charge on any atom is 0.326 e. The number of carboxylic acids is 1. The molecular weight excluding hydrogens is 364 g/mol. The van der Waals surface area contributed by atoms with Crippen LogP contribution in [0.1, 0.15) is 37.8 Å². The van der Waals surface area contributed by atoms with E-state index in [0.717, 1.165) is 11.1 Å². The molecule has 2 N–H and O–H groups in total. The fourth-order valence-corrected chi connectivity index (χ4v) is 3.72. The van der Waals surface area contributed by atoms with Crippen LogP contribution in [0, 0.1) is 5.92 Å². The minimum Gasteiger partial charge on any atom is -0.480 e. The fraction of sp³-hybridized carbons (Fsp3) is 0.550. The van der Waals surface area contributed by atoms with Gasteiger partial charge < -0.3 is 15.3 Å². The summed E-state index contributed by atoms with van der Waals surface area (Å²) in [6, 6.07) is 6.15. The van der Waals surface area contributed by atoms with Gasteiger partial charge in [-0.1, -0.05) is 38.1 Å². The van der Waals surface area contributed by atoms with E-state index in [0.29, 0.717) is 31.6 Å². The number of nitrogens with one attached hydrogen (secondary N) is 1. The molecule has 27 heavy (non-hydrogen) atoms. The van der Waals surface area contributed by atoms with Crippen molar-refractivity contribution < 1.29 is 19.5 Å². The molecule has 0 spiro atoms. The minimum absolute atomic E-state index is 0.0735. The Kier molecular flexibility index (Phi) is 7.71. The Labute approximate surface area is 164 Å². The Hall–Kier alpha value is -2.02. The summed E-state index contributed by atoms with van der Waals surface area (Å²) in [5.74, 6) is -0.688. The minimum atomic E-state index is -1.05. The van der Waals surface area contributed by atoms with Crippen molar-refractivity contribution in [2.45, 2.75) is 51.7 Å². The molecule has 0 bridgehead atoms. The van der Waals surface area contributed by atoms with Gasteiger partial charge in [0.1, 0.15) is 12.1 Å². The Morgan fingerprint density at radius 3 is 2.52 bits per heavy atom. The summed E-state index contributed by atoms with van der Waals surface area (Å²) in [5.41, 5.74) is 2.07. The van der Waals surface area contributed by atoms with Gasteiger partial charge in [0.25, 0.3) is 0 Å². The zero-order valence-electron chi connectivity index (χ0n) is 16.1. The Balaban J connectivity index is 2.22. The van der Waals surface area contributed by atoms with Crippen LogP contribution in [0.2, 0.25) is 0 Å². The van der Waals surface area contributed by atoms with Crippen molar-refractivity contribution in [2.75, 3.05) is 12.0 Å². The summed E-state index contributed by atoms with van der Waals surface area (Å²) in [6.45, 7) is 4.31. The second-order valence-corrected chi connectivity index (χ2v) is 8.27. The highest BCUT2D eigenvalue weighted by molar-refractivity contribution is 7.98. The van der Waals surface area contributed by atoms with Gasteiger partial charge in [-0.15, -0.1) is 0 Å². The molecule has 0 radical (unpaired) electrons. The van der Waals surface area contributed by atoms with E-state index in [1.807, 2.05) is 44.4 Å². The van der Waals surface area contributed by atoms with E-state index in [1.54, 1.807) is 4.90 Å². The number of nitrogens with zero attached hydrogens (tertiary/aromatic N) is 1. The third-order valence-electron chi connectivity index (χ3n) is 4.68. The second kappa shape index (κ2) is 9.78. The lowest BCUT2D eigenvalue weighted by atomic mass is 9.92. The first-order chi connectivity index (χ1) is 12.8. The summed E-state index contributed by atoms with van der Waals surface area (Å²) < 4.78 is 0. The van der Waals surface area contributed by atoms with Crippen molar-refractivity contribution in [3.8, 4) is 0 Å². The number of hydrogen-bond acceptors (Lipinski definition) is 4. The number of thioether (sulfide) groups is 1. The molecule has 2 amide bonds. The average molecular weight is 393 g/mol. The molecule has 1 heterocycles. The van der Waals surface area contributed by atoms with Gasteiger partial charge in [0, 0.05) is 19.4 Å². The number of fused-ring (bicyclic) bond motifs is 1. The number of carboxylic acid groups (broad SMARTS) is 1. The van der Waals surface area contributed by atoms with Crippen LogP contribution in [-0.4, -0.2) is 51.9 Å². The molecule has 7 heteroatoms. The number of benzene rings is 1. The SMILES string of the molecule is CSCCC(NC(=O)[C@H]1Cc2ccccc2CN1C(=O)CC(C)C)C(=O)O. The van der Waals surface area contributed by atoms with Gasteiger partial charge in [0.2, 0.25) is 11.8 Å². The summed E-state index contributed by atoms with van der Waals surface area (Å²) in [6.07, 6.45) is 3.01. The lowest BCUT2D eigenvalue weighted by molar-refractivity contribution is -0.145. The van der Waals surface area contributed by atoms with Gasteiger partial charge in [-0.25, -0.2) is 4.79 Å². The average Bonchev–Trinajstić information content (AvgIpc) is 2.63. The number of amides is 2. The number of rotatable bonds is 8. The maximum absolute atomic E-state index is 12.9.